The molecule has 0 aliphatic carbocycles. The largest absolute Gasteiger partial charge is 0.489 e. The van der Waals surface area contributed by atoms with Crippen molar-refractivity contribution in [2.45, 2.75) is 25.6 Å². The summed E-state index contributed by atoms with van der Waals surface area (Å²) < 4.78 is 49.6. The van der Waals surface area contributed by atoms with Crippen LogP contribution in [0.2, 0.25) is 0 Å². The molecule has 170 valence electrons. The number of carbonyl (C=O) groups excluding carboxylic acids is 3. The van der Waals surface area contributed by atoms with Crippen molar-refractivity contribution in [1.82, 2.24) is 4.90 Å². The van der Waals surface area contributed by atoms with Crippen molar-refractivity contribution in [2.24, 2.45) is 0 Å². The van der Waals surface area contributed by atoms with E-state index >= 15 is 0 Å². The zero-order chi connectivity index (χ0) is 23.3. The molecule has 32 heavy (non-hydrogen) atoms. The number of nitrogens with zero attached hydrogens (tertiary/aromatic N) is 1. The smallest absolute Gasteiger partial charge is 0.416 e. The van der Waals surface area contributed by atoms with E-state index in [4.69, 9.17) is 9.47 Å². The van der Waals surface area contributed by atoms with E-state index in [-0.39, 0.29) is 61.4 Å². The summed E-state index contributed by atoms with van der Waals surface area (Å²) >= 11 is 0. The number of alkyl halides is 3. The summed E-state index contributed by atoms with van der Waals surface area (Å²) in [5.74, 6) is -1.06. The number of carbonyl (C=O) groups is 3. The second-order valence-corrected chi connectivity index (χ2v) is 7.07. The maximum absolute atomic E-state index is 13.1. The Labute approximate surface area is 182 Å². The van der Waals surface area contributed by atoms with E-state index in [0.29, 0.717) is 5.56 Å². The third-order valence-electron chi connectivity index (χ3n) is 4.81. The highest BCUT2D eigenvalue weighted by Gasteiger charge is 2.31. The van der Waals surface area contributed by atoms with E-state index in [1.165, 1.54) is 19.2 Å². The summed E-state index contributed by atoms with van der Waals surface area (Å²) in [6, 6.07) is 8.91. The summed E-state index contributed by atoms with van der Waals surface area (Å²) in [7, 11) is 1.46. The number of ether oxygens (including phenoxy) is 2. The second-order valence-electron chi connectivity index (χ2n) is 7.07. The molecular formula is C22H21F3N2O5. The lowest BCUT2D eigenvalue weighted by atomic mass is 10.1. The molecule has 0 saturated carbocycles. The number of imide groups is 1. The molecule has 2 aromatic rings. The Morgan fingerprint density at radius 1 is 1.03 bits per heavy atom. The second kappa shape index (κ2) is 9.82. The van der Waals surface area contributed by atoms with Gasteiger partial charge in [-0.3, -0.25) is 19.3 Å². The van der Waals surface area contributed by atoms with Crippen molar-refractivity contribution in [3.63, 3.8) is 0 Å². The summed E-state index contributed by atoms with van der Waals surface area (Å²) in [6.45, 7) is 0.413. The van der Waals surface area contributed by atoms with Gasteiger partial charge in [-0.05, 0) is 35.9 Å². The summed E-state index contributed by atoms with van der Waals surface area (Å²) in [4.78, 5) is 37.2. The van der Waals surface area contributed by atoms with Gasteiger partial charge in [0.1, 0.15) is 12.4 Å². The lowest BCUT2D eigenvalue weighted by molar-refractivity contribution is -0.139. The predicted octanol–water partition coefficient (Wildman–Crippen LogP) is 3.63. The van der Waals surface area contributed by atoms with E-state index < -0.39 is 17.6 Å². The molecule has 0 bridgehead atoms. The predicted molar refractivity (Wildman–Crippen MR) is 108 cm³/mol. The van der Waals surface area contributed by atoms with Crippen LogP contribution in [0.4, 0.5) is 18.9 Å². The highest BCUT2D eigenvalue weighted by Crippen LogP contribution is 2.35. The van der Waals surface area contributed by atoms with Crippen molar-refractivity contribution in [3.8, 4) is 5.75 Å². The van der Waals surface area contributed by atoms with Gasteiger partial charge in [-0.25, -0.2) is 0 Å². The molecule has 1 fully saturated rings. The van der Waals surface area contributed by atoms with Crippen LogP contribution in [0, 0.1) is 0 Å². The first-order valence-corrected chi connectivity index (χ1v) is 9.75. The molecule has 1 aliphatic heterocycles. The van der Waals surface area contributed by atoms with E-state index in [2.05, 4.69) is 5.32 Å². The molecule has 1 aliphatic rings. The van der Waals surface area contributed by atoms with Crippen LogP contribution in [0.3, 0.4) is 0 Å². The first-order chi connectivity index (χ1) is 15.2. The topological polar surface area (TPSA) is 84.9 Å². The zero-order valence-electron chi connectivity index (χ0n) is 17.2. The monoisotopic (exact) mass is 450 g/mol. The van der Waals surface area contributed by atoms with Crippen molar-refractivity contribution >= 4 is 23.4 Å². The molecule has 10 heteroatoms. The third-order valence-corrected chi connectivity index (χ3v) is 4.81. The fourth-order valence-electron chi connectivity index (χ4n) is 3.10. The van der Waals surface area contributed by atoms with Crippen LogP contribution in [0.1, 0.15) is 34.3 Å². The number of rotatable bonds is 8. The number of nitrogens with one attached hydrogen (secondary N) is 1. The minimum Gasteiger partial charge on any atom is -0.489 e. The number of benzene rings is 2. The number of hydrogen-bond donors (Lipinski definition) is 1. The molecule has 1 N–H and O–H groups in total. The van der Waals surface area contributed by atoms with Gasteiger partial charge >= 0.3 is 6.18 Å². The Hall–Kier alpha value is -3.40. The van der Waals surface area contributed by atoms with Crippen LogP contribution in [-0.2, 0) is 27.0 Å². The van der Waals surface area contributed by atoms with E-state index in [9.17, 15) is 27.6 Å². The Morgan fingerprint density at radius 2 is 1.69 bits per heavy atom. The number of likely N-dealkylation sites (tertiary alicyclic amines) is 1. The van der Waals surface area contributed by atoms with Crippen molar-refractivity contribution in [1.29, 1.82) is 0 Å². The van der Waals surface area contributed by atoms with E-state index in [0.717, 1.165) is 23.1 Å². The van der Waals surface area contributed by atoms with Gasteiger partial charge in [0.15, 0.2) is 0 Å². The third kappa shape index (κ3) is 5.64. The number of halogens is 3. The molecule has 7 nitrogen and oxygen atoms in total. The number of amides is 3. The van der Waals surface area contributed by atoms with Crippen LogP contribution < -0.4 is 10.1 Å². The Balaban J connectivity index is 1.75. The van der Waals surface area contributed by atoms with Crippen LogP contribution >= 0.6 is 0 Å². The molecule has 1 heterocycles. The average molecular weight is 450 g/mol. The van der Waals surface area contributed by atoms with Crippen molar-refractivity contribution < 1.29 is 37.0 Å². The van der Waals surface area contributed by atoms with Crippen LogP contribution in [0.15, 0.2) is 42.5 Å². The fourth-order valence-corrected chi connectivity index (χ4v) is 3.10. The molecular weight excluding hydrogens is 429 g/mol. The SMILES string of the molecule is COCCOc1ccc(C(F)(F)F)cc1NC(=O)c1ccc(CN2C(=O)CCC2=O)cc1. The van der Waals surface area contributed by atoms with Crippen molar-refractivity contribution in [2.75, 3.05) is 25.6 Å². The summed E-state index contributed by atoms with van der Waals surface area (Å²) in [6.07, 6.45) is -4.22. The maximum atomic E-state index is 13.1. The summed E-state index contributed by atoms with van der Waals surface area (Å²) in [5.41, 5.74) is -0.221. The normalized spacial score (nSPS) is 14.1. The molecule has 0 unspecified atom stereocenters. The summed E-state index contributed by atoms with van der Waals surface area (Å²) in [5, 5.41) is 2.45. The Morgan fingerprint density at radius 3 is 2.28 bits per heavy atom. The standard InChI is InChI=1S/C22H21F3N2O5/c1-31-10-11-32-18-7-6-16(22(23,24)25)12-17(18)26-21(30)15-4-2-14(3-5-15)13-27-19(28)8-9-20(27)29/h2-7,12H,8-11,13H2,1H3,(H,26,30). The van der Waals surface area contributed by atoms with Gasteiger partial charge in [-0.2, -0.15) is 13.2 Å². The lowest BCUT2D eigenvalue weighted by Gasteiger charge is -2.16. The molecule has 1 saturated heterocycles. The first kappa shape index (κ1) is 23.3. The lowest BCUT2D eigenvalue weighted by Crippen LogP contribution is -2.28. The molecule has 3 amide bonds. The number of hydrogen-bond acceptors (Lipinski definition) is 5. The minimum absolute atomic E-state index is 0.0751. The van der Waals surface area contributed by atoms with Gasteiger partial charge in [-0.15, -0.1) is 0 Å². The fraction of sp³-hybridized carbons (Fsp3) is 0.318. The van der Waals surface area contributed by atoms with Gasteiger partial charge in [0.25, 0.3) is 5.91 Å². The highest BCUT2D eigenvalue weighted by molar-refractivity contribution is 6.05. The zero-order valence-corrected chi connectivity index (χ0v) is 17.2. The molecule has 0 aromatic heterocycles. The number of anilines is 1. The quantitative estimate of drug-likeness (QED) is 0.491. The van der Waals surface area contributed by atoms with Crippen molar-refractivity contribution in [3.05, 3.63) is 59.2 Å². The highest BCUT2D eigenvalue weighted by atomic mass is 19.4. The minimum atomic E-state index is -4.59. The molecule has 0 spiro atoms. The van der Waals surface area contributed by atoms with Gasteiger partial charge in [0.2, 0.25) is 11.8 Å². The Bertz CT molecular complexity index is 990. The van der Waals surface area contributed by atoms with E-state index in [1.54, 1.807) is 12.1 Å². The average Bonchev–Trinajstić information content (AvgIpc) is 3.06. The van der Waals surface area contributed by atoms with Gasteiger partial charge in [0.05, 0.1) is 24.4 Å². The van der Waals surface area contributed by atoms with Crippen LogP contribution in [-0.4, -0.2) is 42.9 Å². The van der Waals surface area contributed by atoms with Gasteiger partial charge < -0.3 is 14.8 Å². The van der Waals surface area contributed by atoms with Crippen LogP contribution in [0.5, 0.6) is 5.75 Å². The first-order valence-electron chi connectivity index (χ1n) is 9.75. The molecule has 0 radical (unpaired) electrons. The molecule has 3 rings (SSSR count). The molecule has 0 atom stereocenters. The number of methoxy groups -OCH3 is 1. The van der Waals surface area contributed by atoms with Gasteiger partial charge in [0, 0.05) is 25.5 Å². The van der Waals surface area contributed by atoms with Crippen LogP contribution in [0.25, 0.3) is 0 Å². The maximum Gasteiger partial charge on any atom is 0.416 e. The molecule has 2 aromatic carbocycles. The van der Waals surface area contributed by atoms with E-state index in [1.807, 2.05) is 0 Å². The Kier molecular flexibility index (Phi) is 7.14. The van der Waals surface area contributed by atoms with Gasteiger partial charge in [-0.1, -0.05) is 12.1 Å².